The Morgan fingerprint density at radius 1 is 1.28 bits per heavy atom. The highest BCUT2D eigenvalue weighted by Crippen LogP contribution is 2.25. The Kier molecular flexibility index (Phi) is 5.28. The summed E-state index contributed by atoms with van der Waals surface area (Å²) in [5, 5.41) is 13.1. The van der Waals surface area contributed by atoms with Crippen LogP contribution in [0.1, 0.15) is 29.0 Å². The van der Waals surface area contributed by atoms with Crippen molar-refractivity contribution in [1.82, 2.24) is 10.2 Å². The van der Waals surface area contributed by atoms with Crippen molar-refractivity contribution in [3.05, 3.63) is 52.9 Å². The maximum Gasteiger partial charge on any atom is 0.257 e. The molecule has 1 aromatic heterocycles. The van der Waals surface area contributed by atoms with E-state index in [1.165, 1.54) is 18.2 Å². The number of likely N-dealkylation sites (tertiary alicyclic amines) is 1. The predicted octanol–water partition coefficient (Wildman–Crippen LogP) is 2.81. The Morgan fingerprint density at radius 3 is 2.72 bits per heavy atom. The van der Waals surface area contributed by atoms with E-state index in [0.29, 0.717) is 43.3 Å². The Hall–Kier alpha value is -2.47. The lowest BCUT2D eigenvalue weighted by atomic mass is 9.95. The van der Waals surface area contributed by atoms with E-state index in [-0.39, 0.29) is 29.0 Å². The number of carbonyl (C=O) groups is 2. The van der Waals surface area contributed by atoms with Crippen LogP contribution >= 0.6 is 11.6 Å². The van der Waals surface area contributed by atoms with Crippen LogP contribution in [-0.2, 0) is 11.3 Å². The number of phenolic OH excluding ortho intramolecular Hbond substituents is 1. The van der Waals surface area contributed by atoms with E-state index in [4.69, 9.17) is 16.0 Å². The molecule has 0 atom stereocenters. The number of piperidine rings is 1. The Balaban J connectivity index is 1.53. The average molecular weight is 363 g/mol. The Labute approximate surface area is 150 Å². The Bertz CT molecular complexity index is 752. The van der Waals surface area contributed by atoms with Crippen molar-refractivity contribution in [2.45, 2.75) is 19.4 Å². The van der Waals surface area contributed by atoms with Crippen molar-refractivity contribution >= 4 is 23.4 Å². The summed E-state index contributed by atoms with van der Waals surface area (Å²) in [6, 6.07) is 7.98. The molecule has 25 heavy (non-hydrogen) atoms. The van der Waals surface area contributed by atoms with Crippen molar-refractivity contribution in [3.8, 4) is 5.75 Å². The first kappa shape index (κ1) is 17.4. The number of hydrogen-bond donors (Lipinski definition) is 2. The number of rotatable bonds is 4. The fourth-order valence-electron chi connectivity index (χ4n) is 2.93. The summed E-state index contributed by atoms with van der Waals surface area (Å²) in [5.41, 5.74) is 0.188. The molecular formula is C18H19ClN2O4. The van der Waals surface area contributed by atoms with Crippen LogP contribution < -0.4 is 5.32 Å². The van der Waals surface area contributed by atoms with Gasteiger partial charge in [-0.1, -0.05) is 11.6 Å². The van der Waals surface area contributed by atoms with Crippen LogP contribution in [0.25, 0.3) is 0 Å². The van der Waals surface area contributed by atoms with Crippen LogP contribution in [-0.4, -0.2) is 34.9 Å². The van der Waals surface area contributed by atoms with E-state index in [2.05, 4.69) is 5.32 Å². The van der Waals surface area contributed by atoms with E-state index in [1.807, 2.05) is 0 Å². The molecule has 0 saturated carbocycles. The van der Waals surface area contributed by atoms with Gasteiger partial charge >= 0.3 is 0 Å². The first-order valence-corrected chi connectivity index (χ1v) is 8.50. The molecule has 2 aromatic rings. The second-order valence-electron chi connectivity index (χ2n) is 6.03. The fourth-order valence-corrected chi connectivity index (χ4v) is 3.10. The molecule has 0 radical (unpaired) electrons. The molecule has 2 amide bonds. The molecular weight excluding hydrogens is 344 g/mol. The van der Waals surface area contributed by atoms with Crippen LogP contribution in [0.4, 0.5) is 0 Å². The zero-order valence-corrected chi connectivity index (χ0v) is 14.3. The van der Waals surface area contributed by atoms with Gasteiger partial charge in [-0.15, -0.1) is 0 Å². The van der Waals surface area contributed by atoms with Gasteiger partial charge in [0.25, 0.3) is 5.91 Å². The number of nitrogens with one attached hydrogen (secondary N) is 1. The smallest absolute Gasteiger partial charge is 0.257 e. The summed E-state index contributed by atoms with van der Waals surface area (Å²) in [6.07, 6.45) is 2.73. The number of halogens is 1. The number of furan rings is 1. The van der Waals surface area contributed by atoms with Crippen LogP contribution in [0.3, 0.4) is 0 Å². The third-order valence-electron chi connectivity index (χ3n) is 4.36. The van der Waals surface area contributed by atoms with Crippen molar-refractivity contribution in [2.24, 2.45) is 5.92 Å². The van der Waals surface area contributed by atoms with Gasteiger partial charge in [0.15, 0.2) is 0 Å². The number of benzene rings is 1. The lowest BCUT2D eigenvalue weighted by Crippen LogP contribution is -2.42. The Morgan fingerprint density at radius 2 is 2.04 bits per heavy atom. The number of phenols is 1. The number of nitrogens with zero attached hydrogens (tertiary/aromatic N) is 1. The molecule has 1 saturated heterocycles. The molecule has 1 aliphatic rings. The molecule has 3 rings (SSSR count). The molecule has 1 aromatic carbocycles. The van der Waals surface area contributed by atoms with Crippen LogP contribution in [0.5, 0.6) is 5.75 Å². The van der Waals surface area contributed by atoms with E-state index < -0.39 is 0 Å². The summed E-state index contributed by atoms with van der Waals surface area (Å²) in [7, 11) is 0. The lowest BCUT2D eigenvalue weighted by molar-refractivity contribution is -0.126. The van der Waals surface area contributed by atoms with E-state index in [1.54, 1.807) is 23.3 Å². The molecule has 7 heteroatoms. The molecule has 2 N–H and O–H groups in total. The van der Waals surface area contributed by atoms with Crippen molar-refractivity contribution < 1.29 is 19.1 Å². The zero-order chi connectivity index (χ0) is 17.8. The second-order valence-corrected chi connectivity index (χ2v) is 6.46. The quantitative estimate of drug-likeness (QED) is 0.876. The summed E-state index contributed by atoms with van der Waals surface area (Å²) in [4.78, 5) is 26.4. The van der Waals surface area contributed by atoms with Gasteiger partial charge in [0.1, 0.15) is 11.5 Å². The monoisotopic (exact) mass is 362 g/mol. The SMILES string of the molecule is O=C(NCc1ccco1)C1CCN(C(=O)c2cc(Cl)ccc2O)CC1. The van der Waals surface area contributed by atoms with Crippen LogP contribution in [0, 0.1) is 5.92 Å². The summed E-state index contributed by atoms with van der Waals surface area (Å²) in [5.74, 6) is 0.181. The average Bonchev–Trinajstić information content (AvgIpc) is 3.15. The predicted molar refractivity (Wildman–Crippen MR) is 92.3 cm³/mol. The topological polar surface area (TPSA) is 82.8 Å². The van der Waals surface area contributed by atoms with Crippen molar-refractivity contribution in [1.29, 1.82) is 0 Å². The van der Waals surface area contributed by atoms with Crippen LogP contribution in [0.2, 0.25) is 5.02 Å². The third-order valence-corrected chi connectivity index (χ3v) is 4.59. The standard InChI is InChI=1S/C18H19ClN2O4/c19-13-3-4-16(22)15(10-13)18(24)21-7-5-12(6-8-21)17(23)20-11-14-2-1-9-25-14/h1-4,9-10,12,22H,5-8,11H2,(H,20,23). The van der Waals surface area contributed by atoms with Crippen molar-refractivity contribution in [2.75, 3.05) is 13.1 Å². The van der Waals surface area contributed by atoms with E-state index >= 15 is 0 Å². The molecule has 1 fully saturated rings. The number of carbonyl (C=O) groups excluding carboxylic acids is 2. The number of amides is 2. The van der Waals surface area contributed by atoms with Gasteiger partial charge in [0, 0.05) is 24.0 Å². The lowest BCUT2D eigenvalue weighted by Gasteiger charge is -2.31. The molecule has 0 bridgehead atoms. The molecule has 1 aliphatic heterocycles. The van der Waals surface area contributed by atoms with Gasteiger partial charge in [0.05, 0.1) is 18.4 Å². The highest BCUT2D eigenvalue weighted by atomic mass is 35.5. The first-order valence-electron chi connectivity index (χ1n) is 8.12. The van der Waals surface area contributed by atoms with Gasteiger partial charge in [-0.3, -0.25) is 9.59 Å². The normalized spacial score (nSPS) is 15.2. The van der Waals surface area contributed by atoms with E-state index in [9.17, 15) is 14.7 Å². The van der Waals surface area contributed by atoms with Crippen LogP contribution in [0.15, 0.2) is 41.0 Å². The highest BCUT2D eigenvalue weighted by molar-refractivity contribution is 6.31. The largest absolute Gasteiger partial charge is 0.507 e. The summed E-state index contributed by atoms with van der Waals surface area (Å²) < 4.78 is 5.19. The first-order chi connectivity index (χ1) is 12.0. The zero-order valence-electron chi connectivity index (χ0n) is 13.6. The minimum absolute atomic E-state index is 0.0332. The minimum atomic E-state index is -0.269. The van der Waals surface area contributed by atoms with Crippen molar-refractivity contribution in [3.63, 3.8) is 0 Å². The number of aromatic hydroxyl groups is 1. The molecule has 0 spiro atoms. The molecule has 132 valence electrons. The van der Waals surface area contributed by atoms with E-state index in [0.717, 1.165) is 0 Å². The molecule has 0 aliphatic carbocycles. The van der Waals surface area contributed by atoms with Gasteiger partial charge in [0.2, 0.25) is 5.91 Å². The molecule has 2 heterocycles. The number of hydrogen-bond acceptors (Lipinski definition) is 4. The highest BCUT2D eigenvalue weighted by Gasteiger charge is 2.28. The minimum Gasteiger partial charge on any atom is -0.507 e. The maximum absolute atomic E-state index is 12.5. The molecule has 6 nitrogen and oxygen atoms in total. The third kappa shape index (κ3) is 4.14. The van der Waals surface area contributed by atoms with Gasteiger partial charge in [-0.25, -0.2) is 0 Å². The second kappa shape index (κ2) is 7.61. The summed E-state index contributed by atoms with van der Waals surface area (Å²) >= 11 is 5.90. The molecule has 0 unspecified atom stereocenters. The van der Waals surface area contributed by atoms with Gasteiger partial charge < -0.3 is 19.7 Å². The fraction of sp³-hybridized carbons (Fsp3) is 0.333. The van der Waals surface area contributed by atoms with Gasteiger partial charge in [-0.05, 0) is 43.2 Å². The summed E-state index contributed by atoms with van der Waals surface area (Å²) in [6.45, 7) is 1.29. The van der Waals surface area contributed by atoms with Gasteiger partial charge in [-0.2, -0.15) is 0 Å². The maximum atomic E-state index is 12.5.